The third-order valence-electron chi connectivity index (χ3n) is 4.84. The van der Waals surface area contributed by atoms with Crippen LogP contribution < -0.4 is 0 Å². The largest absolute Gasteiger partial charge is 0.388 e. The van der Waals surface area contributed by atoms with Crippen LogP contribution in [0.3, 0.4) is 0 Å². The quantitative estimate of drug-likeness (QED) is 0.838. The van der Waals surface area contributed by atoms with E-state index in [1.807, 2.05) is 6.92 Å². The Balaban J connectivity index is 2.04. The van der Waals surface area contributed by atoms with Gasteiger partial charge in [0.1, 0.15) is 0 Å². The maximum absolute atomic E-state index is 10.8. The predicted octanol–water partition coefficient (Wildman–Crippen LogP) is 3.17. The molecule has 3 heteroatoms. The fourth-order valence-electron chi connectivity index (χ4n) is 3.63. The molecule has 0 heterocycles. The van der Waals surface area contributed by atoms with E-state index in [1.54, 1.807) is 0 Å². The van der Waals surface area contributed by atoms with Gasteiger partial charge in [-0.1, -0.05) is 32.1 Å². The minimum atomic E-state index is -0.793. The highest BCUT2D eigenvalue weighted by atomic mass is 16.5. The average Bonchev–Trinajstić information content (AvgIpc) is 2.27. The zero-order valence-electron chi connectivity index (χ0n) is 11.5. The normalized spacial score (nSPS) is 35.9. The standard InChI is InChI=1S/C15H25NO2/c1-2-18-13-10-15(17,11-13)14(12-16)8-6-4-3-5-7-9-14/h13,17H,2-11H2,1H3. The van der Waals surface area contributed by atoms with Crippen LogP contribution in [0.2, 0.25) is 0 Å². The topological polar surface area (TPSA) is 53.2 Å². The summed E-state index contributed by atoms with van der Waals surface area (Å²) < 4.78 is 5.54. The summed E-state index contributed by atoms with van der Waals surface area (Å²) in [6.07, 6.45) is 9.02. The summed E-state index contributed by atoms with van der Waals surface area (Å²) in [7, 11) is 0. The molecule has 0 aromatic heterocycles. The molecule has 102 valence electrons. The minimum absolute atomic E-state index is 0.163. The van der Waals surface area contributed by atoms with E-state index in [-0.39, 0.29) is 6.10 Å². The van der Waals surface area contributed by atoms with E-state index in [0.717, 1.165) is 25.7 Å². The molecule has 0 aromatic carbocycles. The van der Waals surface area contributed by atoms with Crippen LogP contribution in [-0.2, 0) is 4.74 Å². The molecule has 2 aliphatic carbocycles. The van der Waals surface area contributed by atoms with Gasteiger partial charge in [0.15, 0.2) is 0 Å². The molecule has 18 heavy (non-hydrogen) atoms. The summed E-state index contributed by atoms with van der Waals surface area (Å²) in [5.74, 6) is 0. The van der Waals surface area contributed by atoms with E-state index in [1.165, 1.54) is 19.3 Å². The molecule has 0 unspecified atom stereocenters. The first-order valence-corrected chi connectivity index (χ1v) is 7.41. The number of aliphatic hydroxyl groups is 1. The fourth-order valence-corrected chi connectivity index (χ4v) is 3.63. The van der Waals surface area contributed by atoms with Crippen molar-refractivity contribution in [2.75, 3.05) is 6.61 Å². The molecule has 3 nitrogen and oxygen atoms in total. The van der Waals surface area contributed by atoms with Gasteiger partial charge < -0.3 is 9.84 Å². The first-order valence-electron chi connectivity index (χ1n) is 7.41. The van der Waals surface area contributed by atoms with Gasteiger partial charge in [0, 0.05) is 19.4 Å². The lowest BCUT2D eigenvalue weighted by Crippen LogP contribution is -2.59. The molecular weight excluding hydrogens is 226 g/mol. The van der Waals surface area contributed by atoms with Crippen molar-refractivity contribution in [2.24, 2.45) is 5.41 Å². The minimum Gasteiger partial charge on any atom is -0.388 e. The molecule has 0 aliphatic heterocycles. The maximum Gasteiger partial charge on any atom is 0.0882 e. The van der Waals surface area contributed by atoms with Crippen LogP contribution >= 0.6 is 0 Å². The Labute approximate surface area is 110 Å². The highest BCUT2D eigenvalue weighted by Crippen LogP contribution is 2.53. The Morgan fingerprint density at radius 1 is 1.17 bits per heavy atom. The van der Waals surface area contributed by atoms with Gasteiger partial charge in [0.2, 0.25) is 0 Å². The van der Waals surface area contributed by atoms with Crippen LogP contribution in [0, 0.1) is 16.7 Å². The van der Waals surface area contributed by atoms with Gasteiger partial charge in [-0.3, -0.25) is 0 Å². The van der Waals surface area contributed by atoms with Crippen LogP contribution in [0.4, 0.5) is 0 Å². The SMILES string of the molecule is CCOC1CC(O)(C2(C#N)CCCCCCC2)C1. The van der Waals surface area contributed by atoms with Crippen molar-refractivity contribution >= 4 is 0 Å². The van der Waals surface area contributed by atoms with E-state index >= 15 is 0 Å². The van der Waals surface area contributed by atoms with Crippen molar-refractivity contribution < 1.29 is 9.84 Å². The lowest BCUT2D eigenvalue weighted by Gasteiger charge is -2.53. The first-order chi connectivity index (χ1) is 8.66. The van der Waals surface area contributed by atoms with Crippen LogP contribution in [0.1, 0.15) is 64.7 Å². The number of rotatable bonds is 3. The van der Waals surface area contributed by atoms with Gasteiger partial charge in [0.25, 0.3) is 0 Å². The van der Waals surface area contributed by atoms with Gasteiger partial charge in [-0.05, 0) is 19.8 Å². The molecular formula is C15H25NO2. The second kappa shape index (κ2) is 5.59. The molecule has 0 amide bonds. The van der Waals surface area contributed by atoms with E-state index < -0.39 is 11.0 Å². The van der Waals surface area contributed by atoms with Crippen LogP contribution in [-0.4, -0.2) is 23.4 Å². The van der Waals surface area contributed by atoms with E-state index in [9.17, 15) is 10.4 Å². The average molecular weight is 251 g/mol. The lowest BCUT2D eigenvalue weighted by molar-refractivity contribution is -0.191. The molecule has 2 saturated carbocycles. The van der Waals surface area contributed by atoms with Crippen molar-refractivity contribution in [1.82, 2.24) is 0 Å². The van der Waals surface area contributed by atoms with Crippen molar-refractivity contribution in [2.45, 2.75) is 76.4 Å². The molecule has 2 fully saturated rings. The number of ether oxygens (including phenoxy) is 1. The zero-order chi connectivity index (χ0) is 13.1. The molecule has 0 saturated heterocycles. The summed E-state index contributed by atoms with van der Waals surface area (Å²) in [6, 6.07) is 2.48. The van der Waals surface area contributed by atoms with Gasteiger partial charge in [-0.2, -0.15) is 5.26 Å². The van der Waals surface area contributed by atoms with Crippen LogP contribution in [0.5, 0.6) is 0 Å². The molecule has 2 aliphatic rings. The van der Waals surface area contributed by atoms with Gasteiger partial charge >= 0.3 is 0 Å². The molecule has 0 atom stereocenters. The zero-order valence-corrected chi connectivity index (χ0v) is 11.5. The van der Waals surface area contributed by atoms with Crippen molar-refractivity contribution in [3.63, 3.8) is 0 Å². The summed E-state index contributed by atoms with van der Waals surface area (Å²) in [6.45, 7) is 2.67. The first kappa shape index (κ1) is 13.8. The Kier molecular flexibility index (Phi) is 4.29. The Hall–Kier alpha value is -0.590. The second-order valence-corrected chi connectivity index (χ2v) is 5.98. The molecule has 0 spiro atoms. The van der Waals surface area contributed by atoms with E-state index in [4.69, 9.17) is 4.74 Å². The summed E-state index contributed by atoms with van der Waals surface area (Å²) in [5, 5.41) is 20.4. The summed E-state index contributed by atoms with van der Waals surface area (Å²) >= 11 is 0. The molecule has 0 radical (unpaired) electrons. The van der Waals surface area contributed by atoms with Crippen LogP contribution in [0.25, 0.3) is 0 Å². The van der Waals surface area contributed by atoms with E-state index in [2.05, 4.69) is 6.07 Å². The second-order valence-electron chi connectivity index (χ2n) is 5.98. The highest BCUT2D eigenvalue weighted by Gasteiger charge is 2.57. The van der Waals surface area contributed by atoms with Crippen molar-refractivity contribution in [3.8, 4) is 6.07 Å². The summed E-state index contributed by atoms with van der Waals surface area (Å²) in [4.78, 5) is 0. The maximum atomic E-state index is 10.8. The van der Waals surface area contributed by atoms with Gasteiger partial charge in [-0.15, -0.1) is 0 Å². The third kappa shape index (κ3) is 2.41. The summed E-state index contributed by atoms with van der Waals surface area (Å²) in [5.41, 5.74) is -1.31. The van der Waals surface area contributed by atoms with Crippen LogP contribution in [0.15, 0.2) is 0 Å². The van der Waals surface area contributed by atoms with Gasteiger partial charge in [-0.25, -0.2) is 0 Å². The number of hydrogen-bond acceptors (Lipinski definition) is 3. The predicted molar refractivity (Wildman–Crippen MR) is 70.0 cm³/mol. The Morgan fingerprint density at radius 2 is 1.72 bits per heavy atom. The number of nitriles is 1. The lowest BCUT2D eigenvalue weighted by atomic mass is 9.56. The fraction of sp³-hybridized carbons (Fsp3) is 0.933. The molecule has 0 bridgehead atoms. The van der Waals surface area contributed by atoms with Crippen molar-refractivity contribution in [3.05, 3.63) is 0 Å². The molecule has 0 aromatic rings. The number of hydrogen-bond donors (Lipinski definition) is 1. The monoisotopic (exact) mass is 251 g/mol. The Morgan fingerprint density at radius 3 is 2.22 bits per heavy atom. The molecule has 1 N–H and O–H groups in total. The highest BCUT2D eigenvalue weighted by molar-refractivity contribution is 5.17. The Bertz CT molecular complexity index is 307. The van der Waals surface area contributed by atoms with E-state index in [0.29, 0.717) is 19.4 Å². The van der Waals surface area contributed by atoms with Crippen molar-refractivity contribution in [1.29, 1.82) is 5.26 Å². The number of nitrogens with zero attached hydrogens (tertiary/aromatic N) is 1. The third-order valence-corrected chi connectivity index (χ3v) is 4.84. The molecule has 2 rings (SSSR count). The smallest absolute Gasteiger partial charge is 0.0882 e. The van der Waals surface area contributed by atoms with Gasteiger partial charge in [0.05, 0.1) is 23.2 Å².